The second-order valence-corrected chi connectivity index (χ2v) is 5.44. The summed E-state index contributed by atoms with van der Waals surface area (Å²) in [6, 6.07) is 5.38. The first-order valence-electron chi connectivity index (χ1n) is 6.43. The molecule has 2 fully saturated rings. The molecule has 3 nitrogen and oxygen atoms in total. The minimum absolute atomic E-state index is 0.561. The number of aromatic nitrogens is 1. The van der Waals surface area contributed by atoms with Crippen molar-refractivity contribution in [1.29, 1.82) is 0 Å². The molecule has 0 unspecified atom stereocenters. The lowest BCUT2D eigenvalue weighted by Gasteiger charge is -2.32. The lowest BCUT2D eigenvalue weighted by Crippen LogP contribution is -2.40. The Balaban J connectivity index is 1.53. The van der Waals surface area contributed by atoms with Gasteiger partial charge >= 0.3 is 0 Å². The predicted octanol–water partition coefficient (Wildman–Crippen LogP) is 2.77. The summed E-state index contributed by atoms with van der Waals surface area (Å²) in [6.07, 6.45) is 7.05. The number of piperidine rings is 1. The highest BCUT2D eigenvalue weighted by Gasteiger charge is 2.31. The minimum Gasteiger partial charge on any atom is -0.382 e. The van der Waals surface area contributed by atoms with E-state index in [1.807, 2.05) is 12.1 Å². The van der Waals surface area contributed by atoms with E-state index in [0.29, 0.717) is 11.2 Å². The molecule has 0 atom stereocenters. The van der Waals surface area contributed by atoms with Crippen molar-refractivity contribution in [3.05, 3.63) is 23.5 Å². The Morgan fingerprint density at radius 2 is 2.00 bits per heavy atom. The summed E-state index contributed by atoms with van der Waals surface area (Å²) in [6.45, 7) is 2.47. The summed E-state index contributed by atoms with van der Waals surface area (Å²) >= 11 is 5.88. The first-order chi connectivity index (χ1) is 8.31. The van der Waals surface area contributed by atoms with E-state index in [1.54, 1.807) is 6.20 Å². The molecule has 0 bridgehead atoms. The number of nitrogens with zero attached hydrogens (tertiary/aromatic N) is 2. The van der Waals surface area contributed by atoms with E-state index in [1.165, 1.54) is 38.8 Å². The van der Waals surface area contributed by atoms with Gasteiger partial charge in [-0.25, -0.2) is 4.98 Å². The third-order valence-corrected chi connectivity index (χ3v) is 3.90. The maximum Gasteiger partial charge on any atom is 0.131 e. The van der Waals surface area contributed by atoms with Crippen molar-refractivity contribution in [3.8, 4) is 0 Å². The van der Waals surface area contributed by atoms with Crippen molar-refractivity contribution < 1.29 is 0 Å². The van der Waals surface area contributed by atoms with Crippen molar-refractivity contribution >= 4 is 17.3 Å². The third-order valence-electron chi connectivity index (χ3n) is 3.69. The van der Waals surface area contributed by atoms with Crippen LogP contribution in [0, 0.1) is 0 Å². The number of hydrogen-bond acceptors (Lipinski definition) is 3. The third kappa shape index (κ3) is 2.90. The molecule has 1 aliphatic carbocycles. The van der Waals surface area contributed by atoms with E-state index < -0.39 is 0 Å². The molecule has 1 aliphatic heterocycles. The molecule has 2 heterocycles. The van der Waals surface area contributed by atoms with Crippen molar-refractivity contribution in [2.24, 2.45) is 0 Å². The summed E-state index contributed by atoms with van der Waals surface area (Å²) in [5, 5.41) is 4.11. The van der Waals surface area contributed by atoms with Gasteiger partial charge in [0, 0.05) is 37.1 Å². The van der Waals surface area contributed by atoms with Gasteiger partial charge in [0.05, 0.1) is 0 Å². The SMILES string of the molecule is Clc1cc(NC2CCN(C3CC3)CC2)ccn1. The second-order valence-electron chi connectivity index (χ2n) is 5.05. The van der Waals surface area contributed by atoms with E-state index in [9.17, 15) is 0 Å². The number of likely N-dealkylation sites (tertiary alicyclic amines) is 1. The number of pyridine rings is 1. The molecule has 1 saturated carbocycles. The van der Waals surface area contributed by atoms with Crippen LogP contribution in [0.2, 0.25) is 5.15 Å². The highest BCUT2D eigenvalue weighted by atomic mass is 35.5. The molecule has 1 N–H and O–H groups in total. The highest BCUT2D eigenvalue weighted by molar-refractivity contribution is 6.29. The monoisotopic (exact) mass is 251 g/mol. The van der Waals surface area contributed by atoms with Crippen LogP contribution in [0.5, 0.6) is 0 Å². The number of rotatable bonds is 3. The fourth-order valence-corrected chi connectivity index (χ4v) is 2.75. The Morgan fingerprint density at radius 3 is 2.65 bits per heavy atom. The quantitative estimate of drug-likeness (QED) is 0.838. The molecule has 0 radical (unpaired) electrons. The molecular formula is C13H18ClN3. The van der Waals surface area contributed by atoms with Gasteiger partial charge in [-0.05, 0) is 37.8 Å². The van der Waals surface area contributed by atoms with Crippen molar-refractivity contribution in [3.63, 3.8) is 0 Å². The highest BCUT2D eigenvalue weighted by Crippen LogP contribution is 2.30. The zero-order chi connectivity index (χ0) is 11.7. The smallest absolute Gasteiger partial charge is 0.131 e. The molecule has 92 valence electrons. The number of anilines is 1. The topological polar surface area (TPSA) is 28.2 Å². The lowest BCUT2D eigenvalue weighted by atomic mass is 10.0. The summed E-state index contributed by atoms with van der Waals surface area (Å²) in [5.74, 6) is 0. The molecule has 2 aliphatic rings. The average Bonchev–Trinajstić information content (AvgIpc) is 3.14. The van der Waals surface area contributed by atoms with Gasteiger partial charge in [0.25, 0.3) is 0 Å². The maximum atomic E-state index is 5.88. The lowest BCUT2D eigenvalue weighted by molar-refractivity contribution is 0.210. The van der Waals surface area contributed by atoms with Crippen molar-refractivity contribution in [2.45, 2.75) is 37.8 Å². The molecule has 0 aromatic carbocycles. The van der Waals surface area contributed by atoms with Crippen LogP contribution >= 0.6 is 11.6 Å². The average molecular weight is 252 g/mol. The van der Waals surface area contributed by atoms with Crippen molar-refractivity contribution in [1.82, 2.24) is 9.88 Å². The van der Waals surface area contributed by atoms with E-state index in [4.69, 9.17) is 11.6 Å². The Kier molecular flexibility index (Phi) is 3.21. The molecule has 17 heavy (non-hydrogen) atoms. The second kappa shape index (κ2) is 4.83. The minimum atomic E-state index is 0.561. The van der Waals surface area contributed by atoms with Gasteiger partial charge in [-0.15, -0.1) is 0 Å². The van der Waals surface area contributed by atoms with Crippen LogP contribution in [0.15, 0.2) is 18.3 Å². The van der Waals surface area contributed by atoms with Gasteiger partial charge < -0.3 is 10.2 Å². The first-order valence-corrected chi connectivity index (χ1v) is 6.81. The number of nitrogens with one attached hydrogen (secondary N) is 1. The zero-order valence-corrected chi connectivity index (χ0v) is 10.7. The fourth-order valence-electron chi connectivity index (χ4n) is 2.58. The number of hydrogen-bond donors (Lipinski definition) is 1. The summed E-state index contributed by atoms with van der Waals surface area (Å²) in [5.41, 5.74) is 1.09. The normalized spacial score (nSPS) is 22.6. The van der Waals surface area contributed by atoms with Crippen LogP contribution in [-0.2, 0) is 0 Å². The molecule has 1 aromatic rings. The molecule has 3 rings (SSSR count). The maximum absolute atomic E-state index is 5.88. The molecule has 1 saturated heterocycles. The summed E-state index contributed by atoms with van der Waals surface area (Å²) in [4.78, 5) is 6.63. The van der Waals surface area contributed by atoms with Crippen LogP contribution in [0.4, 0.5) is 5.69 Å². The number of halogens is 1. The standard InChI is InChI=1S/C13H18ClN3/c14-13-9-11(3-6-15-13)16-10-4-7-17(8-5-10)12-1-2-12/h3,6,9-10,12H,1-2,4-5,7-8H2,(H,15,16). The first kappa shape index (κ1) is 11.3. The van der Waals surface area contributed by atoms with Crippen LogP contribution in [-0.4, -0.2) is 35.1 Å². The van der Waals surface area contributed by atoms with Gasteiger partial charge in [0.2, 0.25) is 0 Å². The zero-order valence-electron chi connectivity index (χ0n) is 9.90. The summed E-state index contributed by atoms with van der Waals surface area (Å²) < 4.78 is 0. The van der Waals surface area contributed by atoms with Crippen LogP contribution in [0.1, 0.15) is 25.7 Å². The molecule has 1 aromatic heterocycles. The predicted molar refractivity (Wildman–Crippen MR) is 70.5 cm³/mol. The Morgan fingerprint density at radius 1 is 1.24 bits per heavy atom. The largest absolute Gasteiger partial charge is 0.382 e. The van der Waals surface area contributed by atoms with Crippen LogP contribution < -0.4 is 5.32 Å². The Hall–Kier alpha value is -0.800. The van der Waals surface area contributed by atoms with Crippen LogP contribution in [0.25, 0.3) is 0 Å². The van der Waals surface area contributed by atoms with Gasteiger partial charge in [-0.1, -0.05) is 11.6 Å². The van der Waals surface area contributed by atoms with Crippen LogP contribution in [0.3, 0.4) is 0 Å². The Labute approximate surface area is 107 Å². The Bertz CT molecular complexity index is 384. The summed E-state index contributed by atoms with van der Waals surface area (Å²) in [7, 11) is 0. The van der Waals surface area contributed by atoms with E-state index in [0.717, 1.165) is 11.7 Å². The molecule has 0 spiro atoms. The fraction of sp³-hybridized carbons (Fsp3) is 0.615. The molecule has 0 amide bonds. The molecule has 4 heteroatoms. The van der Waals surface area contributed by atoms with E-state index >= 15 is 0 Å². The molecular weight excluding hydrogens is 234 g/mol. The van der Waals surface area contributed by atoms with Crippen molar-refractivity contribution in [2.75, 3.05) is 18.4 Å². The van der Waals surface area contributed by atoms with Gasteiger partial charge in [0.15, 0.2) is 0 Å². The van der Waals surface area contributed by atoms with Gasteiger partial charge in [0.1, 0.15) is 5.15 Å². The van der Waals surface area contributed by atoms with Gasteiger partial charge in [-0.3, -0.25) is 0 Å². The van der Waals surface area contributed by atoms with E-state index in [-0.39, 0.29) is 0 Å². The van der Waals surface area contributed by atoms with Gasteiger partial charge in [-0.2, -0.15) is 0 Å². The van der Waals surface area contributed by atoms with E-state index in [2.05, 4.69) is 15.2 Å².